The van der Waals surface area contributed by atoms with Gasteiger partial charge in [0.05, 0.1) is 6.44 Å². The molecule has 0 saturated heterocycles. The van der Waals surface area contributed by atoms with E-state index in [9.17, 15) is 0 Å². The normalized spacial score (nSPS) is 19.1. The number of rotatable bonds is 0. The highest BCUT2D eigenvalue weighted by Gasteiger charge is 2.20. The van der Waals surface area contributed by atoms with Crippen LogP contribution in [0.2, 0.25) is 0 Å². The number of nitrogens with zero attached hydrogens (tertiary/aromatic N) is 1. The molecular formula is C3H6BNO2. The van der Waals surface area contributed by atoms with Crippen LogP contribution in [0, 0.1) is 0 Å². The van der Waals surface area contributed by atoms with E-state index in [2.05, 4.69) is 9.65 Å². The lowest BCUT2D eigenvalue weighted by Gasteiger charge is -1.93. The first-order valence-corrected chi connectivity index (χ1v) is 2.15. The summed E-state index contributed by atoms with van der Waals surface area (Å²) in [5.74, 6) is 0.576. The van der Waals surface area contributed by atoms with Crippen LogP contribution in [0.5, 0.6) is 0 Å². The van der Waals surface area contributed by atoms with Gasteiger partial charge >= 0.3 is 7.12 Å². The standard InChI is InChI=1S/C3H6BNO2/c1-3-5-2-4(6)7-3/h6H,2H2,1H3. The summed E-state index contributed by atoms with van der Waals surface area (Å²) in [4.78, 5) is 3.76. The van der Waals surface area contributed by atoms with Crippen molar-refractivity contribution in [3.05, 3.63) is 0 Å². The van der Waals surface area contributed by atoms with E-state index in [1.165, 1.54) is 0 Å². The highest BCUT2D eigenvalue weighted by Crippen LogP contribution is 1.94. The van der Waals surface area contributed by atoms with Gasteiger partial charge in [-0.25, -0.2) is 0 Å². The maximum absolute atomic E-state index is 8.56. The molecule has 0 aromatic carbocycles. The molecule has 1 aliphatic rings. The van der Waals surface area contributed by atoms with Gasteiger partial charge in [0, 0.05) is 6.92 Å². The molecule has 0 atom stereocenters. The topological polar surface area (TPSA) is 41.8 Å². The molecule has 0 spiro atoms. The predicted octanol–water partition coefficient (Wildman–Crippen LogP) is -0.545. The Morgan fingerprint density at radius 2 is 2.71 bits per heavy atom. The van der Waals surface area contributed by atoms with Gasteiger partial charge in [-0.05, 0) is 0 Å². The maximum Gasteiger partial charge on any atom is 0.546 e. The summed E-state index contributed by atoms with van der Waals surface area (Å²) in [6, 6.07) is 0. The molecule has 0 amide bonds. The first-order chi connectivity index (χ1) is 3.29. The lowest BCUT2D eigenvalue weighted by atomic mass is 9.93. The Labute approximate surface area is 42.2 Å². The second-order valence-electron chi connectivity index (χ2n) is 1.43. The Kier molecular flexibility index (Phi) is 1.02. The quantitative estimate of drug-likeness (QED) is 0.414. The van der Waals surface area contributed by atoms with Crippen molar-refractivity contribution in [3.8, 4) is 0 Å². The molecule has 0 radical (unpaired) electrons. The van der Waals surface area contributed by atoms with Crippen LogP contribution in [-0.2, 0) is 4.65 Å². The third-order valence-corrected chi connectivity index (χ3v) is 0.777. The summed E-state index contributed by atoms with van der Waals surface area (Å²) < 4.78 is 4.67. The molecule has 7 heavy (non-hydrogen) atoms. The SMILES string of the molecule is CC1=NCB(O)O1. The Bertz CT molecular complexity index is 103. The molecule has 0 aromatic rings. The molecule has 0 bridgehead atoms. The summed E-state index contributed by atoms with van der Waals surface area (Å²) in [6.07, 6.45) is 0.395. The van der Waals surface area contributed by atoms with Crippen LogP contribution in [0.15, 0.2) is 4.99 Å². The van der Waals surface area contributed by atoms with Crippen molar-refractivity contribution in [2.75, 3.05) is 6.44 Å². The summed E-state index contributed by atoms with van der Waals surface area (Å²) in [5, 5.41) is 8.56. The lowest BCUT2D eigenvalue weighted by molar-refractivity contribution is 0.425. The van der Waals surface area contributed by atoms with Crippen LogP contribution in [0.3, 0.4) is 0 Å². The van der Waals surface area contributed by atoms with Crippen LogP contribution in [0.25, 0.3) is 0 Å². The molecule has 1 rings (SSSR count). The van der Waals surface area contributed by atoms with Crippen molar-refractivity contribution < 1.29 is 9.68 Å². The molecule has 1 heterocycles. The van der Waals surface area contributed by atoms with Gasteiger partial charge in [-0.15, -0.1) is 0 Å². The minimum absolute atomic E-state index is 0.395. The predicted molar refractivity (Wildman–Crippen MR) is 27.0 cm³/mol. The Morgan fingerprint density at radius 3 is 2.86 bits per heavy atom. The van der Waals surface area contributed by atoms with Crippen molar-refractivity contribution in [2.24, 2.45) is 4.99 Å². The Morgan fingerprint density at radius 1 is 2.00 bits per heavy atom. The number of aliphatic imine (C=N–C) groups is 1. The van der Waals surface area contributed by atoms with Gasteiger partial charge < -0.3 is 9.68 Å². The molecule has 1 N–H and O–H groups in total. The molecule has 0 aliphatic carbocycles. The van der Waals surface area contributed by atoms with Crippen molar-refractivity contribution in [2.45, 2.75) is 6.92 Å². The molecule has 0 saturated carbocycles. The fourth-order valence-electron chi connectivity index (χ4n) is 0.478. The van der Waals surface area contributed by atoms with Gasteiger partial charge in [0.25, 0.3) is 0 Å². The van der Waals surface area contributed by atoms with E-state index < -0.39 is 7.12 Å². The number of hydrogen-bond acceptors (Lipinski definition) is 3. The van der Waals surface area contributed by atoms with Crippen LogP contribution in [0.1, 0.15) is 6.92 Å². The van der Waals surface area contributed by atoms with E-state index in [0.29, 0.717) is 12.3 Å². The molecule has 0 aromatic heterocycles. The van der Waals surface area contributed by atoms with Crippen LogP contribution < -0.4 is 0 Å². The average molecular weight is 98.9 g/mol. The first-order valence-electron chi connectivity index (χ1n) is 2.15. The first kappa shape index (κ1) is 4.65. The molecule has 0 unspecified atom stereocenters. The van der Waals surface area contributed by atoms with Crippen LogP contribution >= 0.6 is 0 Å². The molecule has 4 heteroatoms. The maximum atomic E-state index is 8.56. The summed E-state index contributed by atoms with van der Waals surface area (Å²) in [6.45, 7) is 1.72. The smallest absolute Gasteiger partial charge is 0.525 e. The van der Waals surface area contributed by atoms with Crippen molar-refractivity contribution in [3.63, 3.8) is 0 Å². The Hall–Kier alpha value is -0.505. The molecular weight excluding hydrogens is 92.8 g/mol. The van der Waals surface area contributed by atoms with Gasteiger partial charge in [0.15, 0.2) is 5.90 Å². The van der Waals surface area contributed by atoms with Gasteiger partial charge in [-0.2, -0.15) is 0 Å². The zero-order chi connectivity index (χ0) is 5.28. The van der Waals surface area contributed by atoms with E-state index in [1.807, 2.05) is 0 Å². The van der Waals surface area contributed by atoms with Crippen molar-refractivity contribution in [1.29, 1.82) is 0 Å². The second-order valence-corrected chi connectivity index (χ2v) is 1.43. The zero-order valence-corrected chi connectivity index (χ0v) is 4.09. The van der Waals surface area contributed by atoms with E-state index in [-0.39, 0.29) is 0 Å². The largest absolute Gasteiger partial charge is 0.546 e. The summed E-state index contributed by atoms with van der Waals surface area (Å²) in [7, 11) is -0.681. The highest BCUT2D eigenvalue weighted by atomic mass is 16.5. The van der Waals surface area contributed by atoms with Crippen LogP contribution in [0.4, 0.5) is 0 Å². The summed E-state index contributed by atoms with van der Waals surface area (Å²) in [5.41, 5.74) is 0. The van der Waals surface area contributed by atoms with Gasteiger partial charge in [-0.1, -0.05) is 0 Å². The molecule has 3 nitrogen and oxygen atoms in total. The second kappa shape index (κ2) is 1.54. The molecule has 1 aliphatic heterocycles. The number of hydrogen-bond donors (Lipinski definition) is 1. The fourth-order valence-corrected chi connectivity index (χ4v) is 0.478. The molecule has 38 valence electrons. The highest BCUT2D eigenvalue weighted by molar-refractivity contribution is 6.47. The van der Waals surface area contributed by atoms with E-state index in [1.54, 1.807) is 6.92 Å². The van der Waals surface area contributed by atoms with E-state index in [4.69, 9.17) is 5.02 Å². The van der Waals surface area contributed by atoms with Crippen LogP contribution in [-0.4, -0.2) is 24.5 Å². The van der Waals surface area contributed by atoms with E-state index in [0.717, 1.165) is 0 Å². The lowest BCUT2D eigenvalue weighted by Crippen LogP contribution is -2.16. The average Bonchev–Trinajstić information content (AvgIpc) is 1.87. The van der Waals surface area contributed by atoms with Gasteiger partial charge in [-0.3, -0.25) is 4.99 Å². The van der Waals surface area contributed by atoms with Gasteiger partial charge in [0.1, 0.15) is 0 Å². The minimum atomic E-state index is -0.681. The fraction of sp³-hybridized carbons (Fsp3) is 0.667. The third-order valence-electron chi connectivity index (χ3n) is 0.777. The van der Waals surface area contributed by atoms with Crippen molar-refractivity contribution in [1.82, 2.24) is 0 Å². The monoisotopic (exact) mass is 99.0 g/mol. The third kappa shape index (κ3) is 0.930. The minimum Gasteiger partial charge on any atom is -0.525 e. The summed E-state index contributed by atoms with van der Waals surface area (Å²) >= 11 is 0. The Balaban J connectivity index is 2.42. The zero-order valence-electron chi connectivity index (χ0n) is 4.09. The van der Waals surface area contributed by atoms with Crippen molar-refractivity contribution >= 4 is 13.0 Å². The van der Waals surface area contributed by atoms with E-state index >= 15 is 0 Å². The van der Waals surface area contributed by atoms with Gasteiger partial charge in [0.2, 0.25) is 0 Å². The molecule has 0 fully saturated rings.